The average Bonchev–Trinajstić information content (AvgIpc) is 3.21. The third-order valence-electron chi connectivity index (χ3n) is 8.46. The molecule has 2 saturated heterocycles. The van der Waals surface area contributed by atoms with E-state index in [1.54, 1.807) is 4.90 Å². The van der Waals surface area contributed by atoms with Gasteiger partial charge in [-0.3, -0.25) is 14.4 Å². The molecule has 206 valence electrons. The van der Waals surface area contributed by atoms with Gasteiger partial charge in [-0.15, -0.1) is 0 Å². The quantitative estimate of drug-likeness (QED) is 0.615. The molecular weight excluding hydrogens is 514 g/mol. The number of ether oxygens (including phenoxy) is 1. The van der Waals surface area contributed by atoms with Crippen molar-refractivity contribution in [1.82, 2.24) is 14.8 Å². The van der Waals surface area contributed by atoms with E-state index in [1.807, 2.05) is 6.92 Å². The zero-order chi connectivity index (χ0) is 27.6. The van der Waals surface area contributed by atoms with Crippen molar-refractivity contribution in [2.45, 2.75) is 63.8 Å². The Labute approximate surface area is 222 Å². The average molecular weight is 543 g/mol. The molecule has 4 atom stereocenters. The van der Waals surface area contributed by atoms with Crippen molar-refractivity contribution in [3.05, 3.63) is 62.6 Å². The number of fused-ring (bicyclic) bond motifs is 7. The summed E-state index contributed by atoms with van der Waals surface area (Å²) in [6.07, 6.45) is 3.91. The van der Waals surface area contributed by atoms with Crippen molar-refractivity contribution < 1.29 is 33.1 Å². The summed E-state index contributed by atoms with van der Waals surface area (Å²) in [7, 11) is 0. The van der Waals surface area contributed by atoms with Crippen LogP contribution in [0.2, 0.25) is 0 Å². The van der Waals surface area contributed by atoms with Crippen molar-refractivity contribution >= 4 is 17.7 Å². The highest BCUT2D eigenvalue weighted by Gasteiger charge is 2.60. The summed E-state index contributed by atoms with van der Waals surface area (Å²) in [6, 6.07) is 1.50. The number of oxime groups is 1. The molecule has 0 radical (unpaired) electrons. The summed E-state index contributed by atoms with van der Waals surface area (Å²) in [4.78, 5) is 47.5. The van der Waals surface area contributed by atoms with Crippen LogP contribution in [0.5, 0.6) is 5.75 Å². The summed E-state index contributed by atoms with van der Waals surface area (Å²) in [5.74, 6) is -3.70. The molecule has 2 N–H and O–H groups in total. The Morgan fingerprint density at radius 2 is 2.00 bits per heavy atom. The maximum atomic E-state index is 14.3. The molecule has 4 aliphatic heterocycles. The van der Waals surface area contributed by atoms with Crippen LogP contribution in [0.4, 0.5) is 8.78 Å². The molecule has 0 saturated carbocycles. The molecule has 10 nitrogen and oxygen atoms in total. The van der Waals surface area contributed by atoms with Gasteiger partial charge >= 0.3 is 0 Å². The zero-order valence-corrected chi connectivity index (χ0v) is 21.5. The Hall–Kier alpha value is -3.96. The van der Waals surface area contributed by atoms with Crippen molar-refractivity contribution in [1.29, 1.82) is 0 Å². The molecule has 39 heavy (non-hydrogen) atoms. The molecule has 1 spiro atoms. The van der Waals surface area contributed by atoms with Crippen LogP contribution in [0.25, 0.3) is 0 Å². The zero-order valence-electron chi connectivity index (χ0n) is 21.5. The monoisotopic (exact) mass is 542 g/mol. The second-order valence-corrected chi connectivity index (χ2v) is 10.7. The number of halogens is 2. The van der Waals surface area contributed by atoms with Crippen molar-refractivity contribution in [2.24, 2.45) is 11.1 Å². The van der Waals surface area contributed by atoms with E-state index in [1.165, 1.54) is 17.7 Å². The standard InChI is InChI=1S/C27H28F2N4O6/c1-13-8-18(28)15(19(29)9-13)10-30-24(36)16-11-33-20-12-32(26(37)21(33)23(35)22(16)34)14(2)5-6-27(20)17-4-3-7-38-25(17)31-39-27/h8-9,11,14,17,20,35H,3-7,10,12H2,1-2H3,(H,30,36)/t14-,17-,20+,27-/m0/s1. The summed E-state index contributed by atoms with van der Waals surface area (Å²) in [5, 5.41) is 17.6. The smallest absolute Gasteiger partial charge is 0.274 e. The van der Waals surface area contributed by atoms with Crippen LogP contribution < -0.4 is 10.7 Å². The minimum Gasteiger partial charge on any atom is -0.503 e. The number of aromatic hydroxyl groups is 1. The van der Waals surface area contributed by atoms with Gasteiger partial charge in [0.15, 0.2) is 17.0 Å². The van der Waals surface area contributed by atoms with Gasteiger partial charge in [0, 0.05) is 30.9 Å². The molecule has 1 aromatic heterocycles. The summed E-state index contributed by atoms with van der Waals surface area (Å²) < 4.78 is 35.8. The maximum absolute atomic E-state index is 14.3. The number of nitrogens with zero attached hydrogens (tertiary/aromatic N) is 3. The minimum atomic E-state index is -1.05. The number of rotatable bonds is 3. The molecule has 5 heterocycles. The summed E-state index contributed by atoms with van der Waals surface area (Å²) in [5.41, 5.74) is -2.64. The summed E-state index contributed by atoms with van der Waals surface area (Å²) in [6.45, 7) is 3.66. The molecule has 12 heteroatoms. The maximum Gasteiger partial charge on any atom is 0.274 e. The van der Waals surface area contributed by atoms with E-state index in [9.17, 15) is 28.3 Å². The number of aryl methyl sites for hydroxylation is 1. The highest BCUT2D eigenvalue weighted by molar-refractivity contribution is 5.99. The molecule has 6 rings (SSSR count). The topological polar surface area (TPSA) is 122 Å². The Balaban J connectivity index is 1.41. The molecule has 1 aromatic carbocycles. The van der Waals surface area contributed by atoms with Crippen molar-refractivity contribution in [2.75, 3.05) is 13.2 Å². The Morgan fingerprint density at radius 1 is 1.26 bits per heavy atom. The van der Waals surface area contributed by atoms with Gasteiger partial charge in [0.1, 0.15) is 17.2 Å². The van der Waals surface area contributed by atoms with Crippen LogP contribution >= 0.6 is 0 Å². The van der Waals surface area contributed by atoms with E-state index in [2.05, 4.69) is 10.5 Å². The number of pyridine rings is 1. The second-order valence-electron chi connectivity index (χ2n) is 10.7. The highest BCUT2D eigenvalue weighted by Crippen LogP contribution is 2.51. The van der Waals surface area contributed by atoms with E-state index < -0.39 is 58.4 Å². The lowest BCUT2D eigenvalue weighted by Crippen LogP contribution is -2.55. The van der Waals surface area contributed by atoms with Gasteiger partial charge < -0.3 is 29.5 Å². The van der Waals surface area contributed by atoms with Crippen LogP contribution in [0.15, 0.2) is 28.3 Å². The normalized spacial score (nSPS) is 27.2. The van der Waals surface area contributed by atoms with E-state index in [-0.39, 0.29) is 29.8 Å². The van der Waals surface area contributed by atoms with Crippen LogP contribution in [0, 0.1) is 24.5 Å². The van der Waals surface area contributed by atoms with Gasteiger partial charge in [0.25, 0.3) is 11.8 Å². The predicted molar refractivity (Wildman–Crippen MR) is 133 cm³/mol. The number of nitrogens with one attached hydrogen (secondary N) is 1. The lowest BCUT2D eigenvalue weighted by atomic mass is 9.74. The fourth-order valence-corrected chi connectivity index (χ4v) is 6.36. The molecule has 2 bridgehead atoms. The molecule has 2 fully saturated rings. The third kappa shape index (κ3) is 3.79. The van der Waals surface area contributed by atoms with Crippen molar-refractivity contribution in [3.63, 3.8) is 0 Å². The van der Waals surface area contributed by atoms with Gasteiger partial charge in [0.05, 0.1) is 18.6 Å². The van der Waals surface area contributed by atoms with Gasteiger partial charge in [-0.2, -0.15) is 0 Å². The first-order valence-corrected chi connectivity index (χ1v) is 13.0. The van der Waals surface area contributed by atoms with Gasteiger partial charge in [-0.05, 0) is 57.2 Å². The lowest BCUT2D eigenvalue weighted by Gasteiger charge is -2.44. The Morgan fingerprint density at radius 3 is 2.74 bits per heavy atom. The van der Waals surface area contributed by atoms with Gasteiger partial charge in [0.2, 0.25) is 11.3 Å². The predicted octanol–water partition coefficient (Wildman–Crippen LogP) is 2.76. The fraction of sp³-hybridized carbons (Fsp3) is 0.481. The number of amides is 2. The van der Waals surface area contributed by atoms with E-state index in [0.717, 1.165) is 25.0 Å². The number of hydrogen-bond donors (Lipinski definition) is 2. The molecule has 0 aliphatic carbocycles. The third-order valence-corrected chi connectivity index (χ3v) is 8.46. The Kier molecular flexibility index (Phi) is 5.88. The fourth-order valence-electron chi connectivity index (χ4n) is 6.36. The van der Waals surface area contributed by atoms with E-state index in [0.29, 0.717) is 30.9 Å². The lowest BCUT2D eigenvalue weighted by molar-refractivity contribution is -0.0931. The Bertz CT molecular complexity index is 1470. The first-order valence-electron chi connectivity index (χ1n) is 13.0. The van der Waals surface area contributed by atoms with E-state index in [4.69, 9.17) is 9.57 Å². The highest BCUT2D eigenvalue weighted by atomic mass is 19.1. The second kappa shape index (κ2) is 9.06. The van der Waals surface area contributed by atoms with Crippen molar-refractivity contribution in [3.8, 4) is 5.75 Å². The summed E-state index contributed by atoms with van der Waals surface area (Å²) >= 11 is 0. The van der Waals surface area contributed by atoms with Crippen LogP contribution in [0.1, 0.15) is 70.6 Å². The number of carbonyl (C=O) groups is 2. The first kappa shape index (κ1) is 25.3. The van der Waals surface area contributed by atoms with Gasteiger partial charge in [-0.25, -0.2) is 8.78 Å². The molecule has 2 amide bonds. The van der Waals surface area contributed by atoms with Crippen LogP contribution in [-0.2, 0) is 16.1 Å². The van der Waals surface area contributed by atoms with Gasteiger partial charge in [-0.1, -0.05) is 5.16 Å². The molecule has 2 aromatic rings. The van der Waals surface area contributed by atoms with E-state index >= 15 is 0 Å². The number of aromatic nitrogens is 1. The molecule has 0 unspecified atom stereocenters. The van der Waals surface area contributed by atoms with Crippen LogP contribution in [0.3, 0.4) is 0 Å². The number of carbonyl (C=O) groups excluding carboxylic acids is 2. The molecule has 4 aliphatic rings. The number of benzene rings is 1. The minimum absolute atomic E-state index is 0.193. The number of hydrogen-bond acceptors (Lipinski definition) is 7. The molecular formula is C27H28F2N4O6. The van der Waals surface area contributed by atoms with Crippen LogP contribution in [-0.4, -0.2) is 57.1 Å². The largest absolute Gasteiger partial charge is 0.503 e. The SMILES string of the molecule is Cc1cc(F)c(CNC(=O)c2cn3c(c(O)c2=O)C(=O)N2C[C@@H]3[C@@]3(CC[C@@H]2C)ON=C2OCCC[C@@H]23)c(F)c1. The first-order chi connectivity index (χ1) is 18.6.